The number of rotatable bonds is 5. The lowest BCUT2D eigenvalue weighted by Crippen LogP contribution is -2.50. The molecule has 2 N–H and O–H groups in total. The first-order valence-electron chi connectivity index (χ1n) is 8.45. The normalized spacial score (nSPS) is 41.1. The zero-order valence-corrected chi connectivity index (χ0v) is 13.3. The molecule has 0 saturated heterocycles. The summed E-state index contributed by atoms with van der Waals surface area (Å²) in [5.74, 6) is 3.55. The summed E-state index contributed by atoms with van der Waals surface area (Å²) in [5, 5.41) is 13.4. The van der Waals surface area contributed by atoms with E-state index >= 15 is 0 Å². The summed E-state index contributed by atoms with van der Waals surface area (Å²) >= 11 is 0. The minimum Gasteiger partial charge on any atom is -0.389 e. The maximum absolute atomic E-state index is 10.1. The Kier molecular flexibility index (Phi) is 4.13. The van der Waals surface area contributed by atoms with E-state index in [1.807, 2.05) is 0 Å². The van der Waals surface area contributed by atoms with Gasteiger partial charge in [0.25, 0.3) is 0 Å². The largest absolute Gasteiger partial charge is 0.389 e. The molecule has 116 valence electrons. The average molecular weight is 281 g/mol. The Hall–Kier alpha value is -0.120. The predicted molar refractivity (Wildman–Crippen MR) is 80.5 cm³/mol. The summed E-state index contributed by atoms with van der Waals surface area (Å²) in [6.07, 6.45) is 7.07. The number of hydrogen-bond acceptors (Lipinski definition) is 3. The van der Waals surface area contributed by atoms with Gasteiger partial charge in [0, 0.05) is 12.1 Å². The molecular formula is C17H31NO2. The number of nitrogens with one attached hydrogen (secondary N) is 1. The van der Waals surface area contributed by atoms with Crippen molar-refractivity contribution in [2.24, 2.45) is 23.7 Å². The highest BCUT2D eigenvalue weighted by Gasteiger charge is 2.48. The third kappa shape index (κ3) is 3.37. The van der Waals surface area contributed by atoms with E-state index in [2.05, 4.69) is 26.1 Å². The topological polar surface area (TPSA) is 41.5 Å². The maximum atomic E-state index is 10.1. The summed E-state index contributed by atoms with van der Waals surface area (Å²) in [5.41, 5.74) is 0.0591. The molecule has 4 saturated carbocycles. The SMILES string of the molecule is CC(C)(C)NCC(O)COC1C2CC3CC(C2)CC1C3. The fourth-order valence-corrected chi connectivity index (χ4v) is 4.85. The van der Waals surface area contributed by atoms with E-state index in [4.69, 9.17) is 4.74 Å². The monoisotopic (exact) mass is 281 g/mol. The van der Waals surface area contributed by atoms with Crippen LogP contribution in [0.3, 0.4) is 0 Å². The number of hydrogen-bond donors (Lipinski definition) is 2. The lowest BCUT2D eigenvalue weighted by molar-refractivity contribution is -0.139. The van der Waals surface area contributed by atoms with Crippen LogP contribution in [0.2, 0.25) is 0 Å². The van der Waals surface area contributed by atoms with Crippen molar-refractivity contribution in [2.45, 2.75) is 70.6 Å². The lowest BCUT2D eigenvalue weighted by Gasteiger charge is -2.54. The molecule has 4 rings (SSSR count). The molecule has 4 aliphatic rings. The average Bonchev–Trinajstić information content (AvgIpc) is 2.34. The van der Waals surface area contributed by atoms with Crippen molar-refractivity contribution >= 4 is 0 Å². The third-order valence-corrected chi connectivity index (χ3v) is 5.49. The van der Waals surface area contributed by atoms with Gasteiger partial charge in [0.15, 0.2) is 0 Å². The molecule has 1 atom stereocenters. The molecule has 1 unspecified atom stereocenters. The van der Waals surface area contributed by atoms with Crippen molar-refractivity contribution in [1.82, 2.24) is 5.32 Å². The Balaban J connectivity index is 1.44. The quantitative estimate of drug-likeness (QED) is 0.814. The van der Waals surface area contributed by atoms with Crippen LogP contribution in [0.4, 0.5) is 0 Å². The predicted octanol–water partition coefficient (Wildman–Crippen LogP) is 2.58. The van der Waals surface area contributed by atoms with Crippen LogP contribution in [0.15, 0.2) is 0 Å². The highest BCUT2D eigenvalue weighted by Crippen LogP contribution is 2.54. The smallest absolute Gasteiger partial charge is 0.0898 e. The highest BCUT2D eigenvalue weighted by atomic mass is 16.5. The van der Waals surface area contributed by atoms with Gasteiger partial charge in [-0.3, -0.25) is 0 Å². The van der Waals surface area contributed by atoms with Gasteiger partial charge in [-0.2, -0.15) is 0 Å². The van der Waals surface area contributed by atoms with Crippen molar-refractivity contribution in [3.63, 3.8) is 0 Å². The standard InChI is InChI=1S/C17H31NO2/c1-17(2,3)18-9-15(19)10-20-16-13-5-11-4-12(7-13)8-14(16)6-11/h11-16,18-19H,4-10H2,1-3H3. The van der Waals surface area contributed by atoms with E-state index in [9.17, 15) is 5.11 Å². The summed E-state index contributed by atoms with van der Waals surface area (Å²) in [4.78, 5) is 0. The van der Waals surface area contributed by atoms with Gasteiger partial charge in [-0.25, -0.2) is 0 Å². The maximum Gasteiger partial charge on any atom is 0.0898 e. The first kappa shape index (κ1) is 14.8. The van der Waals surface area contributed by atoms with Crippen molar-refractivity contribution in [3.05, 3.63) is 0 Å². The minimum absolute atomic E-state index is 0.0591. The summed E-state index contributed by atoms with van der Waals surface area (Å²) < 4.78 is 6.16. The molecule has 4 aliphatic carbocycles. The van der Waals surface area contributed by atoms with Gasteiger partial charge in [-0.1, -0.05) is 0 Å². The fourth-order valence-electron chi connectivity index (χ4n) is 4.85. The number of β-amino-alcohol motifs (C(OH)–C–C–N with tert-alkyl or cyclic N) is 1. The molecule has 0 aromatic rings. The second-order valence-electron chi connectivity index (χ2n) is 8.51. The summed E-state index contributed by atoms with van der Waals surface area (Å²) in [6, 6.07) is 0. The van der Waals surface area contributed by atoms with Crippen LogP contribution >= 0.6 is 0 Å². The molecule has 0 aromatic heterocycles. The van der Waals surface area contributed by atoms with E-state index in [0.717, 1.165) is 23.7 Å². The number of aliphatic hydroxyl groups excluding tert-OH is 1. The molecule has 0 aliphatic heterocycles. The first-order chi connectivity index (χ1) is 9.40. The molecule has 0 aromatic carbocycles. The number of ether oxygens (including phenoxy) is 1. The van der Waals surface area contributed by atoms with Gasteiger partial charge in [-0.05, 0) is 76.5 Å². The molecule has 0 radical (unpaired) electrons. The molecule has 3 heteroatoms. The van der Waals surface area contributed by atoms with Crippen molar-refractivity contribution in [1.29, 1.82) is 0 Å². The first-order valence-corrected chi connectivity index (χ1v) is 8.45. The van der Waals surface area contributed by atoms with Gasteiger partial charge in [0.2, 0.25) is 0 Å². The molecular weight excluding hydrogens is 250 g/mol. The second-order valence-corrected chi connectivity index (χ2v) is 8.51. The van der Waals surface area contributed by atoms with Crippen molar-refractivity contribution in [3.8, 4) is 0 Å². The van der Waals surface area contributed by atoms with Gasteiger partial charge in [0.1, 0.15) is 0 Å². The molecule has 4 bridgehead atoms. The molecule has 0 heterocycles. The van der Waals surface area contributed by atoms with E-state index in [1.54, 1.807) is 0 Å². The van der Waals surface area contributed by atoms with E-state index in [-0.39, 0.29) is 11.6 Å². The minimum atomic E-state index is -0.383. The molecule has 3 nitrogen and oxygen atoms in total. The van der Waals surface area contributed by atoms with Crippen LogP contribution in [-0.4, -0.2) is 36.0 Å². The van der Waals surface area contributed by atoms with Gasteiger partial charge in [-0.15, -0.1) is 0 Å². The second kappa shape index (κ2) is 5.58. The van der Waals surface area contributed by atoms with Crippen LogP contribution < -0.4 is 5.32 Å². The molecule has 0 spiro atoms. The van der Waals surface area contributed by atoms with E-state index in [1.165, 1.54) is 32.1 Å². The van der Waals surface area contributed by atoms with E-state index < -0.39 is 0 Å². The van der Waals surface area contributed by atoms with Crippen LogP contribution in [0.5, 0.6) is 0 Å². The van der Waals surface area contributed by atoms with Crippen molar-refractivity contribution < 1.29 is 9.84 Å². The van der Waals surface area contributed by atoms with Crippen LogP contribution in [0.1, 0.15) is 52.9 Å². The molecule has 20 heavy (non-hydrogen) atoms. The Morgan fingerprint density at radius 3 is 2.10 bits per heavy atom. The van der Waals surface area contributed by atoms with E-state index in [0.29, 0.717) is 19.3 Å². The summed E-state index contributed by atoms with van der Waals surface area (Å²) in [6.45, 7) is 7.49. The zero-order chi connectivity index (χ0) is 14.3. The molecule has 0 amide bonds. The van der Waals surface area contributed by atoms with Gasteiger partial charge >= 0.3 is 0 Å². The van der Waals surface area contributed by atoms with Crippen LogP contribution in [0, 0.1) is 23.7 Å². The van der Waals surface area contributed by atoms with Gasteiger partial charge in [0.05, 0.1) is 18.8 Å². The Morgan fingerprint density at radius 2 is 1.60 bits per heavy atom. The fraction of sp³-hybridized carbons (Fsp3) is 1.00. The Bertz CT molecular complexity index is 308. The summed E-state index contributed by atoms with van der Waals surface area (Å²) in [7, 11) is 0. The lowest BCUT2D eigenvalue weighted by atomic mass is 9.55. The number of aliphatic hydroxyl groups is 1. The van der Waals surface area contributed by atoms with Crippen LogP contribution in [0.25, 0.3) is 0 Å². The Morgan fingerprint density at radius 1 is 1.05 bits per heavy atom. The highest BCUT2D eigenvalue weighted by molar-refractivity contribution is 4.99. The van der Waals surface area contributed by atoms with Gasteiger partial charge < -0.3 is 15.2 Å². The zero-order valence-electron chi connectivity index (χ0n) is 13.3. The Labute approximate surface area is 123 Å². The third-order valence-electron chi connectivity index (χ3n) is 5.49. The van der Waals surface area contributed by atoms with Crippen molar-refractivity contribution in [2.75, 3.05) is 13.2 Å². The van der Waals surface area contributed by atoms with Crippen LogP contribution in [-0.2, 0) is 4.74 Å². The molecule has 4 fully saturated rings.